The van der Waals surface area contributed by atoms with Crippen LogP contribution in [0.4, 0.5) is 13.2 Å². The molecule has 0 spiro atoms. The topological polar surface area (TPSA) is 52.6 Å². The maximum atomic E-state index is 12.5. The van der Waals surface area contributed by atoms with Gasteiger partial charge in [0.1, 0.15) is 18.1 Å². The summed E-state index contributed by atoms with van der Waals surface area (Å²) < 4.78 is 70.1. The van der Waals surface area contributed by atoms with Crippen molar-refractivity contribution in [1.29, 1.82) is 0 Å². The summed E-state index contributed by atoms with van der Waals surface area (Å²) in [5, 5.41) is 0. The molecule has 0 aromatic heterocycles. The van der Waals surface area contributed by atoms with Crippen molar-refractivity contribution in [1.82, 2.24) is 0 Å². The quantitative estimate of drug-likeness (QED) is 0.271. The van der Waals surface area contributed by atoms with Crippen LogP contribution in [0.2, 0.25) is 0 Å². The van der Waals surface area contributed by atoms with Crippen molar-refractivity contribution < 1.29 is 30.5 Å². The Bertz CT molecular complexity index is 885. The monoisotopic (exact) mass is 498 g/mol. The maximum absolute atomic E-state index is 12.5. The van der Waals surface area contributed by atoms with Crippen molar-refractivity contribution >= 4 is 32.7 Å². The third kappa shape index (κ3) is 4.08. The van der Waals surface area contributed by atoms with Gasteiger partial charge in [0.05, 0.1) is 3.92 Å². The van der Waals surface area contributed by atoms with E-state index < -0.39 is 15.6 Å². The molecule has 1 aliphatic heterocycles. The summed E-state index contributed by atoms with van der Waals surface area (Å²) in [6, 6.07) is 13.6. The second-order valence-corrected chi connectivity index (χ2v) is 8.94. The van der Waals surface area contributed by atoms with Crippen molar-refractivity contribution in [3.63, 3.8) is 0 Å². The van der Waals surface area contributed by atoms with E-state index in [0.717, 1.165) is 11.6 Å². The largest absolute Gasteiger partial charge is 0.534 e. The number of halogens is 4. The van der Waals surface area contributed by atoms with Gasteiger partial charge in [-0.2, -0.15) is 21.6 Å². The summed E-state index contributed by atoms with van der Waals surface area (Å²) >= 11 is 2.23. The molecule has 0 fully saturated rings. The molecule has 1 aliphatic rings. The molecular formula is C17H14F3IO4S. The number of rotatable bonds is 4. The van der Waals surface area contributed by atoms with Gasteiger partial charge in [0, 0.05) is 11.5 Å². The molecule has 0 radical (unpaired) electrons. The predicted molar refractivity (Wildman–Crippen MR) is 98.2 cm³/mol. The molecule has 2 aromatic rings. The van der Waals surface area contributed by atoms with Crippen LogP contribution in [0, 0.1) is 0 Å². The molecule has 2 unspecified atom stereocenters. The summed E-state index contributed by atoms with van der Waals surface area (Å²) in [7, 11) is -5.71. The van der Waals surface area contributed by atoms with E-state index in [1.165, 1.54) is 12.1 Å². The van der Waals surface area contributed by atoms with Gasteiger partial charge in [-0.3, -0.25) is 0 Å². The Balaban J connectivity index is 1.93. The van der Waals surface area contributed by atoms with E-state index in [-0.39, 0.29) is 15.6 Å². The van der Waals surface area contributed by atoms with Gasteiger partial charge in [-0.25, -0.2) is 0 Å². The van der Waals surface area contributed by atoms with Crippen molar-refractivity contribution in [3.05, 3.63) is 59.7 Å². The zero-order chi connectivity index (χ0) is 18.9. The van der Waals surface area contributed by atoms with Crippen LogP contribution in [0.25, 0.3) is 0 Å². The summed E-state index contributed by atoms with van der Waals surface area (Å²) in [4.78, 5) is 0. The lowest BCUT2D eigenvalue weighted by Crippen LogP contribution is -2.29. The molecule has 0 amide bonds. The lowest BCUT2D eigenvalue weighted by molar-refractivity contribution is -0.0500. The van der Waals surface area contributed by atoms with Gasteiger partial charge < -0.3 is 8.92 Å². The standard InChI is InChI=1S/C17H14F3IO4S/c18-17(19,20)26(22,23)25-12-6-7-16-14(9-12)13(15(21)10-24-16)8-11-4-2-1-3-5-11/h1-7,9,13,15H,8,10H2. The fourth-order valence-electron chi connectivity index (χ4n) is 2.76. The number of ether oxygens (including phenoxy) is 1. The van der Waals surface area contributed by atoms with Gasteiger partial charge in [0.15, 0.2) is 0 Å². The highest BCUT2D eigenvalue weighted by Gasteiger charge is 2.48. The summed E-state index contributed by atoms with van der Waals surface area (Å²) in [6.45, 7) is 0.464. The highest BCUT2D eigenvalue weighted by atomic mass is 127. The zero-order valence-electron chi connectivity index (χ0n) is 13.2. The van der Waals surface area contributed by atoms with Gasteiger partial charge in [-0.15, -0.1) is 0 Å². The molecule has 0 saturated carbocycles. The first-order chi connectivity index (χ1) is 12.2. The van der Waals surface area contributed by atoms with Crippen molar-refractivity contribution in [2.24, 2.45) is 0 Å². The first-order valence-electron chi connectivity index (χ1n) is 7.63. The second-order valence-electron chi connectivity index (χ2n) is 5.81. The van der Waals surface area contributed by atoms with Crippen LogP contribution in [-0.4, -0.2) is 24.5 Å². The Labute approximate surface area is 162 Å². The molecule has 0 N–H and O–H groups in total. The molecule has 4 nitrogen and oxygen atoms in total. The van der Waals surface area contributed by atoms with E-state index in [2.05, 4.69) is 26.8 Å². The third-order valence-electron chi connectivity index (χ3n) is 4.00. The molecule has 1 heterocycles. The first-order valence-corrected chi connectivity index (χ1v) is 10.3. The lowest BCUT2D eigenvalue weighted by atomic mass is 9.87. The average molecular weight is 498 g/mol. The summed E-state index contributed by atoms with van der Waals surface area (Å²) in [5.74, 6) is 0.0998. The van der Waals surface area contributed by atoms with Crippen LogP contribution in [0.5, 0.6) is 11.5 Å². The van der Waals surface area contributed by atoms with Gasteiger partial charge in [0.2, 0.25) is 0 Å². The highest BCUT2D eigenvalue weighted by Crippen LogP contribution is 2.41. The molecule has 26 heavy (non-hydrogen) atoms. The minimum Gasteiger partial charge on any atom is -0.492 e. The average Bonchev–Trinajstić information content (AvgIpc) is 2.57. The predicted octanol–water partition coefficient (Wildman–Crippen LogP) is 4.44. The van der Waals surface area contributed by atoms with Crippen LogP contribution >= 0.6 is 22.6 Å². The van der Waals surface area contributed by atoms with Crippen molar-refractivity contribution in [3.8, 4) is 11.5 Å². The second kappa shape index (κ2) is 7.26. The lowest BCUT2D eigenvalue weighted by Gasteiger charge is -2.31. The maximum Gasteiger partial charge on any atom is 0.534 e. The molecule has 2 aromatic carbocycles. The van der Waals surface area contributed by atoms with Gasteiger partial charge in [-0.1, -0.05) is 52.9 Å². The molecule has 0 saturated heterocycles. The number of benzene rings is 2. The van der Waals surface area contributed by atoms with Crippen molar-refractivity contribution in [2.75, 3.05) is 6.61 Å². The van der Waals surface area contributed by atoms with Gasteiger partial charge >= 0.3 is 15.6 Å². The molecule has 9 heteroatoms. The van der Waals surface area contributed by atoms with Crippen LogP contribution in [-0.2, 0) is 16.5 Å². The van der Waals surface area contributed by atoms with E-state index in [4.69, 9.17) is 4.74 Å². The summed E-state index contributed by atoms with van der Waals surface area (Å²) in [6.07, 6.45) is 0.653. The van der Waals surface area contributed by atoms with Crippen LogP contribution in [0.1, 0.15) is 17.0 Å². The molecule has 3 rings (SSSR count). The van der Waals surface area contributed by atoms with Crippen LogP contribution < -0.4 is 8.92 Å². The number of hydrogen-bond donors (Lipinski definition) is 0. The highest BCUT2D eigenvalue weighted by molar-refractivity contribution is 14.1. The van der Waals surface area contributed by atoms with Gasteiger partial charge in [0.25, 0.3) is 0 Å². The van der Waals surface area contributed by atoms with Crippen molar-refractivity contribution in [2.45, 2.75) is 21.8 Å². The van der Waals surface area contributed by atoms with E-state index >= 15 is 0 Å². The Morgan fingerprint density at radius 3 is 2.50 bits per heavy atom. The SMILES string of the molecule is O=S(=O)(Oc1ccc2c(c1)C(Cc1ccccc1)C(I)CO2)C(F)(F)F. The zero-order valence-corrected chi connectivity index (χ0v) is 16.2. The van der Waals surface area contributed by atoms with Gasteiger partial charge in [-0.05, 0) is 30.2 Å². The van der Waals surface area contributed by atoms with Crippen LogP contribution in [0.3, 0.4) is 0 Å². The van der Waals surface area contributed by atoms with E-state index in [0.29, 0.717) is 24.3 Å². The Hall–Kier alpha value is -1.49. The minimum absolute atomic E-state index is 0.0427. The van der Waals surface area contributed by atoms with E-state index in [9.17, 15) is 21.6 Å². The summed E-state index contributed by atoms with van der Waals surface area (Å²) in [5.41, 5.74) is -3.77. The molecule has 0 bridgehead atoms. The molecule has 0 aliphatic carbocycles. The fraction of sp³-hybridized carbons (Fsp3) is 0.294. The number of alkyl halides is 4. The van der Waals surface area contributed by atoms with Crippen LogP contribution in [0.15, 0.2) is 48.5 Å². The fourth-order valence-corrected chi connectivity index (χ4v) is 4.03. The number of hydrogen-bond acceptors (Lipinski definition) is 4. The molecule has 2 atom stereocenters. The Morgan fingerprint density at radius 2 is 1.85 bits per heavy atom. The normalized spacial score (nSPS) is 20.2. The first kappa shape index (κ1) is 19.3. The van der Waals surface area contributed by atoms with E-state index in [1.807, 2.05) is 30.3 Å². The smallest absolute Gasteiger partial charge is 0.492 e. The molecular weight excluding hydrogens is 484 g/mol. The Morgan fingerprint density at radius 1 is 1.15 bits per heavy atom. The number of fused-ring (bicyclic) bond motifs is 1. The molecule has 140 valence electrons. The van der Waals surface area contributed by atoms with E-state index in [1.54, 1.807) is 0 Å². The third-order valence-corrected chi connectivity index (χ3v) is 6.21. The Kier molecular flexibility index (Phi) is 5.38. The minimum atomic E-state index is -5.71.